The Morgan fingerprint density at radius 1 is 1.06 bits per heavy atom. The minimum atomic E-state index is -0.752. The van der Waals surface area contributed by atoms with E-state index in [2.05, 4.69) is 4.98 Å². The molecule has 1 aliphatic heterocycles. The van der Waals surface area contributed by atoms with Crippen molar-refractivity contribution in [3.05, 3.63) is 102 Å². The Morgan fingerprint density at radius 2 is 1.81 bits per heavy atom. The van der Waals surface area contributed by atoms with Crippen LogP contribution < -0.4 is 9.64 Å². The SMILES string of the molecule is CCOc1ccc(N2C(=O)C(O)=C(C(=O)CCc3ccccc3)C2c2cccnc2)cc1. The molecular formula is C26H24N2O4. The van der Waals surface area contributed by atoms with E-state index in [0.717, 1.165) is 5.56 Å². The number of rotatable bonds is 8. The Balaban J connectivity index is 1.68. The first-order valence-corrected chi connectivity index (χ1v) is 10.6. The maximum absolute atomic E-state index is 13.2. The summed E-state index contributed by atoms with van der Waals surface area (Å²) in [6.45, 7) is 2.42. The second-order valence-electron chi connectivity index (χ2n) is 7.46. The molecule has 4 rings (SSSR count). The first-order chi connectivity index (χ1) is 15.6. The van der Waals surface area contributed by atoms with E-state index in [4.69, 9.17) is 4.74 Å². The molecule has 0 saturated heterocycles. The van der Waals surface area contributed by atoms with Gasteiger partial charge in [0.1, 0.15) is 5.75 Å². The Hall–Kier alpha value is -3.93. The van der Waals surface area contributed by atoms with Crippen molar-refractivity contribution in [3.8, 4) is 5.75 Å². The zero-order valence-corrected chi connectivity index (χ0v) is 17.8. The highest BCUT2D eigenvalue weighted by atomic mass is 16.5. The van der Waals surface area contributed by atoms with E-state index in [1.54, 1.807) is 48.8 Å². The topological polar surface area (TPSA) is 79.7 Å². The number of carbonyl (C=O) groups is 2. The Bertz CT molecular complexity index is 1130. The lowest BCUT2D eigenvalue weighted by molar-refractivity contribution is -0.118. The molecule has 0 saturated carbocycles. The number of aromatic nitrogens is 1. The molecule has 0 spiro atoms. The van der Waals surface area contributed by atoms with Gasteiger partial charge in [0.2, 0.25) is 0 Å². The number of aliphatic hydroxyl groups excluding tert-OH is 1. The van der Waals surface area contributed by atoms with E-state index in [9.17, 15) is 14.7 Å². The van der Waals surface area contributed by atoms with Crippen molar-refractivity contribution in [2.24, 2.45) is 0 Å². The van der Waals surface area contributed by atoms with E-state index in [1.807, 2.05) is 37.3 Å². The van der Waals surface area contributed by atoms with Crippen LogP contribution in [0.4, 0.5) is 5.69 Å². The van der Waals surface area contributed by atoms with Crippen molar-refractivity contribution in [1.29, 1.82) is 0 Å². The van der Waals surface area contributed by atoms with Crippen LogP contribution in [0.2, 0.25) is 0 Å². The third-order valence-corrected chi connectivity index (χ3v) is 5.42. The molecule has 1 N–H and O–H groups in total. The molecule has 2 heterocycles. The minimum absolute atomic E-state index is 0.104. The lowest BCUT2D eigenvalue weighted by atomic mass is 9.94. The molecule has 0 radical (unpaired) electrons. The summed E-state index contributed by atoms with van der Waals surface area (Å²) >= 11 is 0. The number of aryl methyl sites for hydroxylation is 1. The van der Waals surface area contributed by atoms with Crippen LogP contribution in [0.5, 0.6) is 5.75 Å². The number of amides is 1. The normalized spacial score (nSPS) is 15.8. The van der Waals surface area contributed by atoms with Gasteiger partial charge in [0.15, 0.2) is 11.5 Å². The summed E-state index contributed by atoms with van der Waals surface area (Å²) in [5.41, 5.74) is 2.34. The maximum Gasteiger partial charge on any atom is 0.294 e. The lowest BCUT2D eigenvalue weighted by Gasteiger charge is -2.26. The summed E-state index contributed by atoms with van der Waals surface area (Å²) in [7, 11) is 0. The monoisotopic (exact) mass is 428 g/mol. The molecule has 1 aromatic heterocycles. The standard InChI is InChI=1S/C26H24N2O4/c1-2-32-21-13-11-20(12-14-21)28-24(19-9-6-16-27-17-19)23(25(30)26(28)31)22(29)15-10-18-7-4-3-5-8-18/h3-9,11-14,16-17,24,30H,2,10,15H2,1H3. The number of benzene rings is 2. The van der Waals surface area contributed by atoms with Gasteiger partial charge in [0, 0.05) is 24.5 Å². The number of hydrogen-bond donors (Lipinski definition) is 1. The molecule has 6 nitrogen and oxygen atoms in total. The van der Waals surface area contributed by atoms with Crippen molar-refractivity contribution in [1.82, 2.24) is 4.98 Å². The zero-order chi connectivity index (χ0) is 22.5. The molecule has 6 heteroatoms. The third-order valence-electron chi connectivity index (χ3n) is 5.42. The van der Waals surface area contributed by atoms with Gasteiger partial charge in [-0.3, -0.25) is 19.5 Å². The second-order valence-corrected chi connectivity index (χ2v) is 7.46. The van der Waals surface area contributed by atoms with E-state index < -0.39 is 17.7 Å². The maximum atomic E-state index is 13.2. The first-order valence-electron chi connectivity index (χ1n) is 10.6. The molecule has 2 aromatic carbocycles. The highest BCUT2D eigenvalue weighted by Crippen LogP contribution is 2.41. The fourth-order valence-corrected chi connectivity index (χ4v) is 3.92. The van der Waals surface area contributed by atoms with Gasteiger partial charge in [0.05, 0.1) is 18.2 Å². The molecule has 1 aliphatic rings. The second kappa shape index (κ2) is 9.47. The van der Waals surface area contributed by atoms with Crippen LogP contribution in [-0.4, -0.2) is 28.4 Å². The van der Waals surface area contributed by atoms with Crippen LogP contribution in [0.15, 0.2) is 90.5 Å². The van der Waals surface area contributed by atoms with Gasteiger partial charge in [-0.15, -0.1) is 0 Å². The Labute approximate surface area is 186 Å². The van der Waals surface area contributed by atoms with Crippen molar-refractivity contribution in [2.75, 3.05) is 11.5 Å². The minimum Gasteiger partial charge on any atom is -0.503 e. The van der Waals surface area contributed by atoms with Crippen LogP contribution >= 0.6 is 0 Å². The smallest absolute Gasteiger partial charge is 0.294 e. The van der Waals surface area contributed by atoms with Crippen molar-refractivity contribution in [3.63, 3.8) is 0 Å². The molecule has 1 unspecified atom stereocenters. The van der Waals surface area contributed by atoms with Crippen molar-refractivity contribution < 1.29 is 19.4 Å². The molecule has 0 aliphatic carbocycles. The van der Waals surface area contributed by atoms with Crippen molar-refractivity contribution in [2.45, 2.75) is 25.8 Å². The van der Waals surface area contributed by atoms with Gasteiger partial charge >= 0.3 is 0 Å². The zero-order valence-electron chi connectivity index (χ0n) is 17.8. The number of Topliss-reactive ketones (excluding diaryl/α,β-unsaturated/α-hetero) is 1. The number of aliphatic hydroxyl groups is 1. The predicted molar refractivity (Wildman–Crippen MR) is 121 cm³/mol. The quantitative estimate of drug-likeness (QED) is 0.568. The largest absolute Gasteiger partial charge is 0.503 e. The van der Waals surface area contributed by atoms with E-state index >= 15 is 0 Å². The molecule has 0 fully saturated rings. The summed E-state index contributed by atoms with van der Waals surface area (Å²) in [6.07, 6.45) is 3.95. The summed E-state index contributed by atoms with van der Waals surface area (Å²) < 4.78 is 5.49. The van der Waals surface area contributed by atoms with Gasteiger partial charge in [-0.25, -0.2) is 0 Å². The number of ketones is 1. The number of ether oxygens (including phenoxy) is 1. The number of carbonyl (C=O) groups excluding carboxylic acids is 2. The fraction of sp³-hybridized carbons (Fsp3) is 0.192. The summed E-state index contributed by atoms with van der Waals surface area (Å²) in [5.74, 6) is -0.698. The van der Waals surface area contributed by atoms with Crippen LogP contribution in [0.25, 0.3) is 0 Å². The van der Waals surface area contributed by atoms with Crippen LogP contribution in [-0.2, 0) is 16.0 Å². The highest BCUT2D eigenvalue weighted by Gasteiger charge is 2.44. The first kappa shape index (κ1) is 21.3. The van der Waals surface area contributed by atoms with E-state index in [-0.39, 0.29) is 17.8 Å². The van der Waals surface area contributed by atoms with Crippen LogP contribution in [0.1, 0.15) is 30.5 Å². The Morgan fingerprint density at radius 3 is 2.47 bits per heavy atom. The van der Waals surface area contributed by atoms with Crippen LogP contribution in [0, 0.1) is 0 Å². The van der Waals surface area contributed by atoms with Crippen LogP contribution in [0.3, 0.4) is 0 Å². The summed E-state index contributed by atoms with van der Waals surface area (Å²) in [6, 6.07) is 19.5. The molecule has 32 heavy (non-hydrogen) atoms. The summed E-state index contributed by atoms with van der Waals surface area (Å²) in [5, 5.41) is 10.7. The van der Waals surface area contributed by atoms with Gasteiger partial charge in [0.25, 0.3) is 5.91 Å². The summed E-state index contributed by atoms with van der Waals surface area (Å²) in [4.78, 5) is 31.9. The van der Waals surface area contributed by atoms with E-state index in [1.165, 1.54) is 4.90 Å². The molecule has 1 atom stereocenters. The number of pyridine rings is 1. The number of hydrogen-bond acceptors (Lipinski definition) is 5. The van der Waals surface area contributed by atoms with Gasteiger partial charge in [-0.1, -0.05) is 36.4 Å². The fourth-order valence-electron chi connectivity index (χ4n) is 3.92. The van der Waals surface area contributed by atoms with Gasteiger partial charge in [-0.05, 0) is 54.8 Å². The van der Waals surface area contributed by atoms with E-state index in [0.29, 0.717) is 30.0 Å². The molecule has 1 amide bonds. The highest BCUT2D eigenvalue weighted by molar-refractivity contribution is 6.16. The van der Waals surface area contributed by atoms with Gasteiger partial charge in [-0.2, -0.15) is 0 Å². The molecule has 0 bridgehead atoms. The Kier molecular flexibility index (Phi) is 6.31. The molecule has 162 valence electrons. The molecular weight excluding hydrogens is 404 g/mol. The lowest BCUT2D eigenvalue weighted by Crippen LogP contribution is -2.31. The number of anilines is 1. The average Bonchev–Trinajstić information content (AvgIpc) is 3.10. The van der Waals surface area contributed by atoms with Gasteiger partial charge < -0.3 is 9.84 Å². The van der Waals surface area contributed by atoms with Crippen molar-refractivity contribution >= 4 is 17.4 Å². The average molecular weight is 428 g/mol. The number of nitrogens with zero attached hydrogens (tertiary/aromatic N) is 2. The third kappa shape index (κ3) is 4.25. The predicted octanol–water partition coefficient (Wildman–Crippen LogP) is 4.58. The molecule has 3 aromatic rings.